The van der Waals surface area contributed by atoms with Gasteiger partial charge in [0.05, 0.1) is 31.5 Å². The first-order valence-electron chi connectivity index (χ1n) is 8.75. The maximum Gasteiger partial charge on any atom is 0.341 e. The van der Waals surface area contributed by atoms with Gasteiger partial charge in [-0.3, -0.25) is 4.79 Å². The fraction of sp³-hybridized carbons (Fsp3) is 0.250. The van der Waals surface area contributed by atoms with E-state index in [1.165, 1.54) is 20.4 Å². The van der Waals surface area contributed by atoms with Crippen molar-refractivity contribution in [3.63, 3.8) is 0 Å². The Morgan fingerprint density at radius 2 is 1.77 bits per heavy atom. The fourth-order valence-electron chi connectivity index (χ4n) is 2.37. The number of carboxylic acid groups (broad SMARTS) is 1. The summed E-state index contributed by atoms with van der Waals surface area (Å²) in [5.74, 6) is 0.0135. The van der Waals surface area contributed by atoms with Crippen LogP contribution in [0.15, 0.2) is 39.9 Å². The molecular weight excluding hydrogens is 460 g/mol. The smallest absolute Gasteiger partial charge is 0.341 e. The maximum atomic E-state index is 12.4. The largest absolute Gasteiger partial charge is 0.497 e. The second kappa shape index (κ2) is 11.1. The number of nitrogens with zero attached hydrogens (tertiary/aromatic N) is 1. The molecule has 0 radical (unpaired) electrons. The lowest BCUT2D eigenvalue weighted by molar-refractivity contribution is -0.139. The Hall–Kier alpha value is -3.27. The van der Waals surface area contributed by atoms with Gasteiger partial charge in [0, 0.05) is 11.6 Å². The Balaban J connectivity index is 2.17. The molecule has 0 unspecified atom stereocenters. The minimum atomic E-state index is -1.10. The van der Waals surface area contributed by atoms with Gasteiger partial charge in [-0.05, 0) is 52.7 Å². The molecule has 0 bridgehead atoms. The molecule has 0 aliphatic carbocycles. The molecule has 0 aliphatic rings. The van der Waals surface area contributed by atoms with E-state index in [0.717, 1.165) is 0 Å². The van der Waals surface area contributed by atoms with Crippen molar-refractivity contribution in [3.8, 4) is 23.0 Å². The number of carboxylic acids is 1. The van der Waals surface area contributed by atoms with Crippen LogP contribution in [-0.4, -0.2) is 50.6 Å². The van der Waals surface area contributed by atoms with Gasteiger partial charge in [-0.2, -0.15) is 5.10 Å². The molecule has 2 rings (SSSR count). The number of methoxy groups -OCH3 is 2. The van der Waals surface area contributed by atoms with Gasteiger partial charge in [0.15, 0.2) is 18.1 Å². The summed E-state index contributed by atoms with van der Waals surface area (Å²) >= 11 is 3.33. The molecule has 0 saturated heterocycles. The third-order valence-corrected chi connectivity index (χ3v) is 4.25. The zero-order chi connectivity index (χ0) is 22.1. The van der Waals surface area contributed by atoms with E-state index in [0.29, 0.717) is 39.5 Å². The molecule has 1 amide bonds. The van der Waals surface area contributed by atoms with Crippen LogP contribution in [0, 0.1) is 0 Å². The van der Waals surface area contributed by atoms with Gasteiger partial charge in [-0.15, -0.1) is 0 Å². The number of amides is 1. The Morgan fingerprint density at radius 3 is 2.33 bits per heavy atom. The van der Waals surface area contributed by atoms with Gasteiger partial charge < -0.3 is 24.1 Å². The van der Waals surface area contributed by atoms with Crippen LogP contribution in [0.3, 0.4) is 0 Å². The predicted molar refractivity (Wildman–Crippen MR) is 113 cm³/mol. The molecule has 2 aromatic rings. The molecule has 9 nitrogen and oxygen atoms in total. The molecule has 0 saturated carbocycles. The number of carbonyl (C=O) groups is 2. The highest BCUT2D eigenvalue weighted by Crippen LogP contribution is 2.36. The molecule has 2 N–H and O–H groups in total. The number of rotatable bonds is 10. The van der Waals surface area contributed by atoms with Crippen molar-refractivity contribution in [2.24, 2.45) is 5.10 Å². The Labute approximate surface area is 181 Å². The van der Waals surface area contributed by atoms with E-state index >= 15 is 0 Å². The topological polar surface area (TPSA) is 116 Å². The van der Waals surface area contributed by atoms with Crippen molar-refractivity contribution < 1.29 is 33.6 Å². The van der Waals surface area contributed by atoms with Crippen molar-refractivity contribution in [1.29, 1.82) is 0 Å². The standard InChI is InChI=1S/C20H21BrN2O7/c1-4-29-17-6-12(5-16(21)19(17)30-11-18(24)25)10-22-23-20(26)13-7-14(27-2)9-15(8-13)28-3/h5-10H,4,11H2,1-3H3,(H,23,26)(H,24,25)/b22-10-. The summed E-state index contributed by atoms with van der Waals surface area (Å²) in [6.45, 7) is 1.63. The highest BCUT2D eigenvalue weighted by molar-refractivity contribution is 9.10. The van der Waals surface area contributed by atoms with Crippen LogP contribution in [0.5, 0.6) is 23.0 Å². The maximum absolute atomic E-state index is 12.4. The van der Waals surface area contributed by atoms with Crippen LogP contribution in [-0.2, 0) is 4.79 Å². The highest BCUT2D eigenvalue weighted by Gasteiger charge is 2.14. The van der Waals surface area contributed by atoms with Crippen LogP contribution in [0.25, 0.3) is 0 Å². The van der Waals surface area contributed by atoms with E-state index < -0.39 is 18.5 Å². The Morgan fingerprint density at radius 1 is 1.10 bits per heavy atom. The second-order valence-electron chi connectivity index (χ2n) is 5.75. The number of carbonyl (C=O) groups excluding carboxylic acids is 1. The van der Waals surface area contributed by atoms with Crippen LogP contribution >= 0.6 is 15.9 Å². The first-order valence-corrected chi connectivity index (χ1v) is 9.54. The highest BCUT2D eigenvalue weighted by atomic mass is 79.9. The predicted octanol–water partition coefficient (Wildman–Crippen LogP) is 3.09. The van der Waals surface area contributed by atoms with Gasteiger partial charge in [0.25, 0.3) is 5.91 Å². The average Bonchev–Trinajstić information content (AvgIpc) is 2.72. The summed E-state index contributed by atoms with van der Waals surface area (Å²) in [5, 5.41) is 12.8. The number of hydrazone groups is 1. The molecule has 10 heteroatoms. The average molecular weight is 481 g/mol. The third-order valence-electron chi connectivity index (χ3n) is 3.67. The SMILES string of the molecule is CCOc1cc(/C=N\NC(=O)c2cc(OC)cc(OC)c2)cc(Br)c1OCC(=O)O. The second-order valence-corrected chi connectivity index (χ2v) is 6.60. The molecule has 0 aliphatic heterocycles. The molecule has 0 spiro atoms. The quantitative estimate of drug-likeness (QED) is 0.396. The number of benzene rings is 2. The zero-order valence-electron chi connectivity index (χ0n) is 16.6. The van der Waals surface area contributed by atoms with Crippen molar-refractivity contribution in [2.75, 3.05) is 27.4 Å². The first kappa shape index (κ1) is 23.0. The van der Waals surface area contributed by atoms with E-state index in [2.05, 4.69) is 26.5 Å². The van der Waals surface area contributed by atoms with E-state index in [-0.39, 0.29) is 5.75 Å². The summed E-state index contributed by atoms with van der Waals surface area (Å²) in [6, 6.07) is 8.05. The third kappa shape index (κ3) is 6.38. The van der Waals surface area contributed by atoms with Crippen LogP contribution in [0.2, 0.25) is 0 Å². The summed E-state index contributed by atoms with van der Waals surface area (Å²) in [6.07, 6.45) is 1.42. The van der Waals surface area contributed by atoms with Crippen molar-refractivity contribution in [3.05, 3.63) is 45.9 Å². The normalized spacial score (nSPS) is 10.5. The summed E-state index contributed by atoms with van der Waals surface area (Å²) in [5.41, 5.74) is 3.34. The van der Waals surface area contributed by atoms with Gasteiger partial charge in [0.2, 0.25) is 0 Å². The van der Waals surface area contributed by atoms with E-state index in [1.54, 1.807) is 37.3 Å². The fourth-order valence-corrected chi connectivity index (χ4v) is 2.94. The van der Waals surface area contributed by atoms with Crippen LogP contribution < -0.4 is 24.4 Å². The Kier molecular flexibility index (Phi) is 8.48. The number of hydrogen-bond acceptors (Lipinski definition) is 7. The van der Waals surface area contributed by atoms with Crippen LogP contribution in [0.1, 0.15) is 22.8 Å². The van der Waals surface area contributed by atoms with E-state index in [1.807, 2.05) is 0 Å². The summed E-state index contributed by atoms with van der Waals surface area (Å²) < 4.78 is 21.6. The Bertz CT molecular complexity index is 925. The van der Waals surface area contributed by atoms with Gasteiger partial charge >= 0.3 is 5.97 Å². The molecule has 30 heavy (non-hydrogen) atoms. The summed E-state index contributed by atoms with van der Waals surface area (Å²) in [4.78, 5) is 23.1. The molecule has 0 heterocycles. The van der Waals surface area contributed by atoms with E-state index in [9.17, 15) is 9.59 Å². The monoisotopic (exact) mass is 480 g/mol. The molecule has 0 fully saturated rings. The number of nitrogens with one attached hydrogen (secondary N) is 1. The first-order chi connectivity index (χ1) is 14.4. The molecule has 0 aromatic heterocycles. The number of aliphatic carboxylic acids is 1. The lowest BCUT2D eigenvalue weighted by Crippen LogP contribution is -2.17. The number of hydrogen-bond donors (Lipinski definition) is 2. The lowest BCUT2D eigenvalue weighted by atomic mass is 10.2. The number of ether oxygens (including phenoxy) is 4. The van der Waals surface area contributed by atoms with Gasteiger partial charge in [-0.25, -0.2) is 10.2 Å². The minimum absolute atomic E-state index is 0.268. The van der Waals surface area contributed by atoms with Crippen molar-refractivity contribution in [2.45, 2.75) is 6.92 Å². The van der Waals surface area contributed by atoms with Crippen molar-refractivity contribution >= 4 is 34.0 Å². The zero-order valence-corrected chi connectivity index (χ0v) is 18.2. The van der Waals surface area contributed by atoms with Crippen LogP contribution in [0.4, 0.5) is 0 Å². The van der Waals surface area contributed by atoms with E-state index in [4.69, 9.17) is 24.1 Å². The van der Waals surface area contributed by atoms with Gasteiger partial charge in [0.1, 0.15) is 11.5 Å². The van der Waals surface area contributed by atoms with Gasteiger partial charge in [-0.1, -0.05) is 0 Å². The molecular formula is C20H21BrN2O7. The number of halogens is 1. The van der Waals surface area contributed by atoms with Crippen molar-refractivity contribution in [1.82, 2.24) is 5.43 Å². The molecule has 2 aromatic carbocycles. The minimum Gasteiger partial charge on any atom is -0.497 e. The summed E-state index contributed by atoms with van der Waals surface area (Å²) in [7, 11) is 2.98. The molecule has 160 valence electrons. The lowest BCUT2D eigenvalue weighted by Gasteiger charge is -2.13. The molecule has 0 atom stereocenters.